The Morgan fingerprint density at radius 1 is 1.20 bits per heavy atom. The zero-order valence-corrected chi connectivity index (χ0v) is 17.4. The first-order valence-corrected chi connectivity index (χ1v) is 11.7. The van der Waals surface area contributed by atoms with Crippen LogP contribution in [-0.2, 0) is 19.6 Å². The predicted octanol–water partition coefficient (Wildman–Crippen LogP) is 2.39. The van der Waals surface area contributed by atoms with Crippen molar-refractivity contribution in [2.75, 3.05) is 23.1 Å². The number of carbonyl (C=O) groups is 2. The number of thioether (sulfide) groups is 1. The maximum atomic E-state index is 12.7. The van der Waals surface area contributed by atoms with Crippen molar-refractivity contribution in [3.63, 3.8) is 0 Å². The topological polar surface area (TPSA) is 119 Å². The summed E-state index contributed by atoms with van der Waals surface area (Å²) in [6, 6.07) is 12.5. The summed E-state index contributed by atoms with van der Waals surface area (Å²) in [6.07, 6.45) is 1.87. The number of nitrogens with one attached hydrogen (secondary N) is 2. The van der Waals surface area contributed by atoms with Gasteiger partial charge in [0.05, 0.1) is 27.9 Å². The van der Waals surface area contributed by atoms with Gasteiger partial charge in [0.2, 0.25) is 11.8 Å². The summed E-state index contributed by atoms with van der Waals surface area (Å²) in [5, 5.41) is 10.8. The molecule has 0 aromatic heterocycles. The highest BCUT2D eigenvalue weighted by atomic mass is 32.2. The number of nitrogens with zero attached hydrogens (tertiary/aromatic N) is 2. The lowest BCUT2D eigenvalue weighted by molar-refractivity contribution is -0.133. The molecule has 8 nitrogen and oxygen atoms in total. The fourth-order valence-electron chi connectivity index (χ4n) is 3.39. The van der Waals surface area contributed by atoms with E-state index in [0.29, 0.717) is 29.2 Å². The molecule has 1 fully saturated rings. The maximum absolute atomic E-state index is 12.7. The minimum atomic E-state index is -3.93. The summed E-state index contributed by atoms with van der Waals surface area (Å²) < 4.78 is 27.9. The van der Waals surface area contributed by atoms with Crippen LogP contribution in [0.3, 0.4) is 0 Å². The Kier molecular flexibility index (Phi) is 5.40. The maximum Gasteiger partial charge on any atom is 0.261 e. The number of hydrogen-bond donors (Lipinski definition) is 2. The van der Waals surface area contributed by atoms with Crippen LogP contribution in [0, 0.1) is 11.3 Å². The molecule has 0 spiro atoms. The van der Waals surface area contributed by atoms with E-state index in [4.69, 9.17) is 5.26 Å². The van der Waals surface area contributed by atoms with Gasteiger partial charge in [0.1, 0.15) is 0 Å². The third kappa shape index (κ3) is 3.99. The van der Waals surface area contributed by atoms with Gasteiger partial charge in [-0.25, -0.2) is 8.42 Å². The van der Waals surface area contributed by atoms with Gasteiger partial charge in [-0.15, -0.1) is 11.8 Å². The highest BCUT2D eigenvalue weighted by Gasteiger charge is 2.37. The van der Waals surface area contributed by atoms with Crippen LogP contribution in [0.5, 0.6) is 0 Å². The summed E-state index contributed by atoms with van der Waals surface area (Å²) in [5.41, 5.74) is 0.948. The number of likely N-dealkylation sites (tertiary alicyclic amines) is 1. The van der Waals surface area contributed by atoms with Crippen LogP contribution in [0.25, 0.3) is 0 Å². The first kappa shape index (κ1) is 20.3. The van der Waals surface area contributed by atoms with Gasteiger partial charge >= 0.3 is 0 Å². The number of rotatable bonds is 4. The fraction of sp³-hybridized carbons (Fsp3) is 0.250. The summed E-state index contributed by atoms with van der Waals surface area (Å²) in [5.74, 6) is -0.662. The van der Waals surface area contributed by atoms with E-state index in [9.17, 15) is 18.0 Å². The molecule has 154 valence electrons. The van der Waals surface area contributed by atoms with E-state index in [-0.39, 0.29) is 16.5 Å². The molecule has 1 atom stereocenters. The van der Waals surface area contributed by atoms with Gasteiger partial charge in [-0.3, -0.25) is 14.3 Å². The number of nitriles is 1. The van der Waals surface area contributed by atoms with E-state index in [1.165, 1.54) is 18.2 Å². The SMILES string of the molecule is N#Cc1cccc(NS(=O)(=O)c2ccc3c(c2)NC(=O)[C@H](C(=O)N2CCCC2)S3)c1. The van der Waals surface area contributed by atoms with Crippen molar-refractivity contribution >= 4 is 45.0 Å². The quantitative estimate of drug-likeness (QED) is 0.702. The lowest BCUT2D eigenvalue weighted by Crippen LogP contribution is -2.43. The van der Waals surface area contributed by atoms with Gasteiger partial charge in [-0.1, -0.05) is 6.07 Å². The molecule has 2 N–H and O–H groups in total. The summed E-state index contributed by atoms with van der Waals surface area (Å²) in [6.45, 7) is 1.32. The Labute approximate surface area is 178 Å². The molecule has 0 aliphatic carbocycles. The molecule has 2 aromatic carbocycles. The molecule has 30 heavy (non-hydrogen) atoms. The van der Waals surface area contributed by atoms with Gasteiger partial charge in [0.25, 0.3) is 10.0 Å². The van der Waals surface area contributed by atoms with Gasteiger partial charge < -0.3 is 10.2 Å². The van der Waals surface area contributed by atoms with E-state index in [1.807, 2.05) is 6.07 Å². The second-order valence-corrected chi connectivity index (χ2v) is 9.80. The van der Waals surface area contributed by atoms with E-state index in [2.05, 4.69) is 10.0 Å². The molecule has 1 saturated heterocycles. The first-order chi connectivity index (χ1) is 14.4. The van der Waals surface area contributed by atoms with Crippen molar-refractivity contribution in [3.8, 4) is 6.07 Å². The largest absolute Gasteiger partial charge is 0.341 e. The van der Waals surface area contributed by atoms with Crippen LogP contribution in [0.15, 0.2) is 52.3 Å². The minimum absolute atomic E-state index is 0.0335. The number of sulfonamides is 1. The van der Waals surface area contributed by atoms with Crippen molar-refractivity contribution in [1.82, 2.24) is 4.90 Å². The number of anilines is 2. The summed E-state index contributed by atoms with van der Waals surface area (Å²) in [7, 11) is -3.93. The van der Waals surface area contributed by atoms with Crippen LogP contribution in [-0.4, -0.2) is 43.5 Å². The molecule has 2 amide bonds. The van der Waals surface area contributed by atoms with Crippen molar-refractivity contribution in [3.05, 3.63) is 48.0 Å². The lowest BCUT2D eigenvalue weighted by atomic mass is 10.2. The van der Waals surface area contributed by atoms with E-state index < -0.39 is 21.2 Å². The van der Waals surface area contributed by atoms with Crippen molar-refractivity contribution in [1.29, 1.82) is 5.26 Å². The third-order valence-corrected chi connectivity index (χ3v) is 7.53. The molecule has 2 aromatic rings. The van der Waals surface area contributed by atoms with Crippen LogP contribution in [0.1, 0.15) is 18.4 Å². The fourth-order valence-corrected chi connectivity index (χ4v) is 5.52. The Bertz CT molecular complexity index is 1170. The van der Waals surface area contributed by atoms with Crippen LogP contribution < -0.4 is 10.0 Å². The molecule has 2 aliphatic rings. The van der Waals surface area contributed by atoms with E-state index in [1.54, 1.807) is 29.2 Å². The Hall–Kier alpha value is -3.03. The summed E-state index contributed by atoms with van der Waals surface area (Å²) in [4.78, 5) is 27.4. The number of benzene rings is 2. The molecule has 0 bridgehead atoms. The smallest absolute Gasteiger partial charge is 0.261 e. The van der Waals surface area contributed by atoms with Gasteiger partial charge in [0, 0.05) is 18.0 Å². The van der Waals surface area contributed by atoms with Crippen molar-refractivity contribution < 1.29 is 18.0 Å². The average Bonchev–Trinajstić information content (AvgIpc) is 3.27. The second-order valence-electron chi connectivity index (χ2n) is 6.98. The minimum Gasteiger partial charge on any atom is -0.341 e. The Morgan fingerprint density at radius 2 is 1.97 bits per heavy atom. The molecular weight excluding hydrogens is 424 g/mol. The van der Waals surface area contributed by atoms with E-state index in [0.717, 1.165) is 24.6 Å². The van der Waals surface area contributed by atoms with Crippen molar-refractivity contribution in [2.24, 2.45) is 0 Å². The Balaban J connectivity index is 1.55. The number of fused-ring (bicyclic) bond motifs is 1. The molecule has 2 aliphatic heterocycles. The monoisotopic (exact) mass is 442 g/mol. The molecule has 2 heterocycles. The molecule has 0 unspecified atom stereocenters. The molecular formula is C20H18N4O4S2. The van der Waals surface area contributed by atoms with Crippen molar-refractivity contribution in [2.45, 2.75) is 27.9 Å². The zero-order chi connectivity index (χ0) is 21.3. The number of carbonyl (C=O) groups excluding carboxylic acids is 2. The third-order valence-electron chi connectivity index (χ3n) is 4.89. The Morgan fingerprint density at radius 3 is 2.70 bits per heavy atom. The van der Waals surface area contributed by atoms with Gasteiger partial charge in [-0.2, -0.15) is 5.26 Å². The molecule has 4 rings (SSSR count). The molecule has 0 radical (unpaired) electrons. The second kappa shape index (κ2) is 8.01. The van der Waals surface area contributed by atoms with Crippen LogP contribution in [0.2, 0.25) is 0 Å². The number of amides is 2. The van der Waals surface area contributed by atoms with E-state index >= 15 is 0 Å². The van der Waals surface area contributed by atoms with Gasteiger partial charge in [0.15, 0.2) is 5.25 Å². The highest BCUT2D eigenvalue weighted by Crippen LogP contribution is 2.38. The van der Waals surface area contributed by atoms with Crippen LogP contribution in [0.4, 0.5) is 11.4 Å². The number of hydrogen-bond acceptors (Lipinski definition) is 6. The zero-order valence-electron chi connectivity index (χ0n) is 15.8. The average molecular weight is 443 g/mol. The van der Waals surface area contributed by atoms with Gasteiger partial charge in [-0.05, 0) is 49.2 Å². The normalized spacial score (nSPS) is 18.3. The lowest BCUT2D eigenvalue weighted by Gasteiger charge is -2.27. The standard InChI is InChI=1S/C20H18N4O4S2/c21-12-13-4-3-5-14(10-13)23-30(27,28)15-6-7-17-16(11-15)22-19(25)18(29-17)20(26)24-8-1-2-9-24/h3-7,10-11,18,23H,1-2,8-9H2,(H,22,25)/t18-/m1/s1. The predicted molar refractivity (Wildman–Crippen MR) is 112 cm³/mol. The highest BCUT2D eigenvalue weighted by molar-refractivity contribution is 8.01. The summed E-state index contributed by atoms with van der Waals surface area (Å²) >= 11 is 1.13. The van der Waals surface area contributed by atoms with Crippen LogP contribution >= 0.6 is 11.8 Å². The molecule has 0 saturated carbocycles. The first-order valence-electron chi connectivity index (χ1n) is 9.31. The molecule has 10 heteroatoms.